The number of morpholine rings is 1. The molecule has 0 amide bonds. The average Bonchev–Trinajstić information content (AvgIpc) is 3.28. The number of fused-ring (bicyclic) bond motifs is 1. The summed E-state index contributed by atoms with van der Waals surface area (Å²) in [5, 5.41) is 5.39. The molecule has 1 saturated heterocycles. The normalized spacial score (nSPS) is 16.5. The number of nitrogens with one attached hydrogen (secondary N) is 1. The Hall–Kier alpha value is -2.64. The van der Waals surface area contributed by atoms with Crippen LogP contribution in [0.15, 0.2) is 36.7 Å². The third kappa shape index (κ3) is 3.36. The van der Waals surface area contributed by atoms with E-state index < -0.39 is 0 Å². The number of para-hydroxylation sites is 1. The first kappa shape index (κ1) is 17.8. The third-order valence-corrected chi connectivity index (χ3v) is 4.95. The van der Waals surface area contributed by atoms with Gasteiger partial charge in [-0.25, -0.2) is 4.79 Å². The lowest BCUT2D eigenvalue weighted by atomic mass is 9.96. The molecule has 1 aromatic carbocycles. The van der Waals surface area contributed by atoms with Gasteiger partial charge in [0, 0.05) is 48.4 Å². The Bertz CT molecular complexity index is 940. The van der Waals surface area contributed by atoms with Crippen LogP contribution in [-0.4, -0.2) is 58.5 Å². The molecule has 7 heteroatoms. The number of H-pyrrole nitrogens is 1. The van der Waals surface area contributed by atoms with Crippen LogP contribution in [0.3, 0.4) is 0 Å². The van der Waals surface area contributed by atoms with Crippen molar-refractivity contribution in [2.75, 3.05) is 32.9 Å². The highest BCUT2D eigenvalue weighted by Crippen LogP contribution is 2.37. The molecule has 1 atom stereocenters. The number of hydrogen-bond donors (Lipinski definition) is 1. The van der Waals surface area contributed by atoms with Gasteiger partial charge in [-0.3, -0.25) is 9.58 Å². The predicted molar refractivity (Wildman–Crippen MR) is 102 cm³/mol. The Morgan fingerprint density at radius 1 is 1.33 bits per heavy atom. The second-order valence-corrected chi connectivity index (χ2v) is 6.68. The summed E-state index contributed by atoms with van der Waals surface area (Å²) in [6.07, 6.45) is 3.88. The van der Waals surface area contributed by atoms with Crippen molar-refractivity contribution in [3.8, 4) is 0 Å². The monoisotopic (exact) mass is 368 g/mol. The Kier molecular flexibility index (Phi) is 4.96. The van der Waals surface area contributed by atoms with Gasteiger partial charge >= 0.3 is 5.97 Å². The molecule has 1 unspecified atom stereocenters. The zero-order chi connectivity index (χ0) is 18.8. The molecule has 7 nitrogen and oxygen atoms in total. The minimum Gasteiger partial charge on any atom is -0.461 e. The standard InChI is InChI=1S/C20H24N4O3/c1-3-27-20(25)18-17(15-6-4-5-7-16(15)22-18)19(14-12-21-23(2)13-14)24-8-10-26-11-9-24/h4-7,12-13,19,22H,3,8-11H2,1-2H3. The van der Waals surface area contributed by atoms with E-state index in [0.717, 1.165) is 35.1 Å². The third-order valence-electron chi connectivity index (χ3n) is 4.95. The molecule has 0 radical (unpaired) electrons. The Labute approximate surface area is 157 Å². The van der Waals surface area contributed by atoms with Gasteiger partial charge in [-0.2, -0.15) is 5.10 Å². The van der Waals surface area contributed by atoms with Crippen LogP contribution in [0.5, 0.6) is 0 Å². The molecular weight excluding hydrogens is 344 g/mol. The van der Waals surface area contributed by atoms with Gasteiger partial charge < -0.3 is 14.5 Å². The van der Waals surface area contributed by atoms with Crippen LogP contribution in [0.2, 0.25) is 0 Å². The summed E-state index contributed by atoms with van der Waals surface area (Å²) in [5.74, 6) is -0.328. The summed E-state index contributed by atoms with van der Waals surface area (Å²) in [6.45, 7) is 5.09. The van der Waals surface area contributed by atoms with Crippen LogP contribution in [-0.2, 0) is 16.5 Å². The quantitative estimate of drug-likeness (QED) is 0.701. The summed E-state index contributed by atoms with van der Waals surface area (Å²) in [7, 11) is 1.90. The number of hydrogen-bond acceptors (Lipinski definition) is 5. The number of carbonyl (C=O) groups is 1. The van der Waals surface area contributed by atoms with Gasteiger partial charge in [0.1, 0.15) is 5.69 Å². The molecule has 2 aromatic heterocycles. The van der Waals surface area contributed by atoms with Crippen molar-refractivity contribution >= 4 is 16.9 Å². The van der Waals surface area contributed by atoms with E-state index in [0.29, 0.717) is 25.5 Å². The summed E-state index contributed by atoms with van der Waals surface area (Å²) >= 11 is 0. The van der Waals surface area contributed by atoms with Crippen molar-refractivity contribution in [1.82, 2.24) is 19.7 Å². The molecule has 1 fully saturated rings. The number of aromatic amines is 1. The lowest BCUT2D eigenvalue weighted by Gasteiger charge is -2.34. The molecule has 3 aromatic rings. The van der Waals surface area contributed by atoms with Crippen LogP contribution < -0.4 is 0 Å². The highest BCUT2D eigenvalue weighted by molar-refractivity contribution is 5.99. The number of aryl methyl sites for hydroxylation is 1. The molecule has 1 aliphatic rings. The average molecular weight is 368 g/mol. The molecule has 3 heterocycles. The topological polar surface area (TPSA) is 72.4 Å². The van der Waals surface area contributed by atoms with Crippen LogP contribution in [0, 0.1) is 0 Å². The molecule has 0 aliphatic carbocycles. The molecule has 142 valence electrons. The van der Waals surface area contributed by atoms with E-state index in [1.54, 1.807) is 4.68 Å². The maximum atomic E-state index is 12.7. The molecule has 0 saturated carbocycles. The first-order chi connectivity index (χ1) is 13.2. The first-order valence-corrected chi connectivity index (χ1v) is 9.27. The minimum absolute atomic E-state index is 0.0989. The molecular formula is C20H24N4O3. The van der Waals surface area contributed by atoms with Gasteiger partial charge in [-0.1, -0.05) is 18.2 Å². The van der Waals surface area contributed by atoms with Crippen LogP contribution in [0.1, 0.15) is 34.6 Å². The number of esters is 1. The fourth-order valence-corrected chi connectivity index (χ4v) is 3.79. The largest absolute Gasteiger partial charge is 0.461 e. The van der Waals surface area contributed by atoms with Crippen LogP contribution >= 0.6 is 0 Å². The zero-order valence-electron chi connectivity index (χ0n) is 15.6. The van der Waals surface area contributed by atoms with Gasteiger partial charge in [0.05, 0.1) is 32.1 Å². The van der Waals surface area contributed by atoms with Crippen molar-refractivity contribution < 1.29 is 14.3 Å². The number of benzene rings is 1. The van der Waals surface area contributed by atoms with E-state index in [1.165, 1.54) is 0 Å². The summed E-state index contributed by atoms with van der Waals surface area (Å²) in [5.41, 5.74) is 3.43. The molecule has 1 aliphatic heterocycles. The molecule has 4 rings (SSSR count). The van der Waals surface area contributed by atoms with E-state index in [4.69, 9.17) is 9.47 Å². The minimum atomic E-state index is -0.328. The van der Waals surface area contributed by atoms with E-state index in [9.17, 15) is 4.79 Å². The number of rotatable bonds is 5. The van der Waals surface area contributed by atoms with Crippen molar-refractivity contribution in [2.24, 2.45) is 7.05 Å². The van der Waals surface area contributed by atoms with Crippen molar-refractivity contribution in [3.63, 3.8) is 0 Å². The number of ether oxygens (including phenoxy) is 2. The van der Waals surface area contributed by atoms with Gasteiger partial charge in [0.15, 0.2) is 0 Å². The van der Waals surface area contributed by atoms with Crippen LogP contribution in [0.25, 0.3) is 10.9 Å². The lowest BCUT2D eigenvalue weighted by Crippen LogP contribution is -2.39. The van der Waals surface area contributed by atoms with E-state index >= 15 is 0 Å². The van der Waals surface area contributed by atoms with Gasteiger partial charge in [0.2, 0.25) is 0 Å². The van der Waals surface area contributed by atoms with Crippen molar-refractivity contribution in [3.05, 3.63) is 53.5 Å². The summed E-state index contributed by atoms with van der Waals surface area (Å²) in [4.78, 5) is 18.4. The Morgan fingerprint density at radius 3 is 2.81 bits per heavy atom. The van der Waals surface area contributed by atoms with E-state index in [-0.39, 0.29) is 12.0 Å². The fraction of sp³-hybridized carbons (Fsp3) is 0.400. The highest BCUT2D eigenvalue weighted by Gasteiger charge is 2.32. The first-order valence-electron chi connectivity index (χ1n) is 9.27. The van der Waals surface area contributed by atoms with Gasteiger partial charge in [-0.05, 0) is 13.0 Å². The molecule has 0 spiro atoms. The van der Waals surface area contributed by atoms with Crippen molar-refractivity contribution in [2.45, 2.75) is 13.0 Å². The molecule has 0 bridgehead atoms. The summed E-state index contributed by atoms with van der Waals surface area (Å²) < 4.78 is 12.7. The zero-order valence-corrected chi connectivity index (χ0v) is 15.6. The maximum absolute atomic E-state index is 12.7. The van der Waals surface area contributed by atoms with E-state index in [1.807, 2.05) is 50.6 Å². The Morgan fingerprint density at radius 2 is 2.11 bits per heavy atom. The Balaban J connectivity index is 1.91. The summed E-state index contributed by atoms with van der Waals surface area (Å²) in [6, 6.07) is 7.90. The smallest absolute Gasteiger partial charge is 0.355 e. The number of aromatic nitrogens is 3. The van der Waals surface area contributed by atoms with E-state index in [2.05, 4.69) is 15.0 Å². The second-order valence-electron chi connectivity index (χ2n) is 6.68. The SMILES string of the molecule is CCOC(=O)c1[nH]c2ccccc2c1C(c1cnn(C)c1)N1CCOCC1. The molecule has 1 N–H and O–H groups in total. The predicted octanol–water partition coefficient (Wildman–Crippen LogP) is 2.50. The van der Waals surface area contributed by atoms with Gasteiger partial charge in [0.25, 0.3) is 0 Å². The number of carbonyl (C=O) groups excluding carboxylic acids is 1. The highest BCUT2D eigenvalue weighted by atomic mass is 16.5. The maximum Gasteiger partial charge on any atom is 0.355 e. The second kappa shape index (κ2) is 7.54. The molecule has 27 heavy (non-hydrogen) atoms. The fourth-order valence-electron chi connectivity index (χ4n) is 3.79. The number of nitrogens with zero attached hydrogens (tertiary/aromatic N) is 3. The van der Waals surface area contributed by atoms with Crippen molar-refractivity contribution in [1.29, 1.82) is 0 Å². The van der Waals surface area contributed by atoms with Gasteiger partial charge in [-0.15, -0.1) is 0 Å². The van der Waals surface area contributed by atoms with Crippen LogP contribution in [0.4, 0.5) is 0 Å². The lowest BCUT2D eigenvalue weighted by molar-refractivity contribution is 0.0237.